The number of aliphatic hydroxyl groups is 1. The molecule has 1 aromatic carbocycles. The molecule has 88 valence electrons. The van der Waals surface area contributed by atoms with Gasteiger partial charge in [-0.25, -0.2) is 4.39 Å². The van der Waals surface area contributed by atoms with Crippen LogP contribution in [0.3, 0.4) is 0 Å². The third-order valence-corrected chi connectivity index (χ3v) is 4.29. The van der Waals surface area contributed by atoms with E-state index in [-0.39, 0.29) is 12.4 Å². The van der Waals surface area contributed by atoms with Crippen LogP contribution in [0, 0.1) is 11.7 Å². The fourth-order valence-corrected chi connectivity index (χ4v) is 2.87. The van der Waals surface area contributed by atoms with Crippen molar-refractivity contribution in [1.82, 2.24) is 0 Å². The van der Waals surface area contributed by atoms with Gasteiger partial charge in [-0.3, -0.25) is 0 Å². The number of rotatable bonds is 5. The van der Waals surface area contributed by atoms with Crippen LogP contribution in [0.25, 0.3) is 0 Å². The lowest BCUT2D eigenvalue weighted by Crippen LogP contribution is -2.42. The summed E-state index contributed by atoms with van der Waals surface area (Å²) in [6, 6.07) is 6.62. The Labute approximate surface area is 99.0 Å². The Bertz CT molecular complexity index is 370. The predicted molar refractivity (Wildman–Crippen MR) is 63.9 cm³/mol. The van der Waals surface area contributed by atoms with E-state index in [0.29, 0.717) is 16.6 Å². The molecule has 1 saturated carbocycles. The molecule has 2 rings (SSSR count). The highest BCUT2D eigenvalue weighted by molar-refractivity contribution is 7.99. The summed E-state index contributed by atoms with van der Waals surface area (Å²) >= 11 is 1.34. The van der Waals surface area contributed by atoms with Gasteiger partial charge in [0.15, 0.2) is 0 Å². The lowest BCUT2D eigenvalue weighted by molar-refractivity contribution is 0.0510. The van der Waals surface area contributed by atoms with E-state index in [1.807, 2.05) is 0 Å². The summed E-state index contributed by atoms with van der Waals surface area (Å²) in [7, 11) is 0. The van der Waals surface area contributed by atoms with Crippen molar-refractivity contribution in [2.75, 3.05) is 12.3 Å². The predicted octanol–water partition coefficient (Wildman–Crippen LogP) is 2.02. The van der Waals surface area contributed by atoms with Gasteiger partial charge in [0.25, 0.3) is 0 Å². The first-order chi connectivity index (χ1) is 7.65. The first kappa shape index (κ1) is 11.9. The molecule has 16 heavy (non-hydrogen) atoms. The van der Waals surface area contributed by atoms with E-state index in [4.69, 9.17) is 5.73 Å². The maximum Gasteiger partial charge on any atom is 0.136 e. The van der Waals surface area contributed by atoms with Crippen molar-refractivity contribution in [2.24, 2.45) is 11.7 Å². The van der Waals surface area contributed by atoms with Gasteiger partial charge < -0.3 is 10.8 Å². The highest BCUT2D eigenvalue weighted by atomic mass is 32.2. The first-order valence-electron chi connectivity index (χ1n) is 5.45. The zero-order valence-electron chi connectivity index (χ0n) is 9.03. The van der Waals surface area contributed by atoms with Gasteiger partial charge in [0.2, 0.25) is 0 Å². The fourth-order valence-electron chi connectivity index (χ4n) is 1.73. The van der Waals surface area contributed by atoms with Gasteiger partial charge >= 0.3 is 0 Å². The van der Waals surface area contributed by atoms with E-state index in [1.165, 1.54) is 17.8 Å². The minimum atomic E-state index is -0.826. The van der Waals surface area contributed by atoms with Crippen molar-refractivity contribution in [3.05, 3.63) is 30.1 Å². The molecule has 0 saturated heterocycles. The van der Waals surface area contributed by atoms with Crippen molar-refractivity contribution in [3.8, 4) is 0 Å². The van der Waals surface area contributed by atoms with Gasteiger partial charge in [-0.15, -0.1) is 11.8 Å². The summed E-state index contributed by atoms with van der Waals surface area (Å²) < 4.78 is 13.4. The third kappa shape index (κ3) is 2.56. The molecule has 0 aliphatic heterocycles. The Morgan fingerprint density at radius 1 is 1.44 bits per heavy atom. The summed E-state index contributed by atoms with van der Waals surface area (Å²) in [6.07, 6.45) is 2.07. The van der Waals surface area contributed by atoms with Gasteiger partial charge in [0.05, 0.1) is 5.60 Å². The fraction of sp³-hybridized carbons (Fsp3) is 0.500. The number of halogens is 1. The Balaban J connectivity index is 1.98. The minimum Gasteiger partial charge on any atom is -0.387 e. The Kier molecular flexibility index (Phi) is 3.52. The summed E-state index contributed by atoms with van der Waals surface area (Å²) in [5.74, 6) is 0.536. The lowest BCUT2D eigenvalue weighted by Gasteiger charge is -2.25. The average molecular weight is 241 g/mol. The van der Waals surface area contributed by atoms with Crippen molar-refractivity contribution >= 4 is 11.8 Å². The molecule has 0 amide bonds. The van der Waals surface area contributed by atoms with E-state index in [0.717, 1.165) is 12.8 Å². The summed E-state index contributed by atoms with van der Waals surface area (Å²) in [5, 5.41) is 10.2. The molecule has 2 nitrogen and oxygen atoms in total. The molecule has 1 aliphatic carbocycles. The topological polar surface area (TPSA) is 46.2 Å². The number of nitrogens with two attached hydrogens (primary N) is 1. The third-order valence-electron chi connectivity index (χ3n) is 3.01. The molecule has 0 radical (unpaired) electrons. The largest absolute Gasteiger partial charge is 0.387 e. The second-order valence-corrected chi connectivity index (χ2v) is 5.32. The zero-order valence-corrected chi connectivity index (χ0v) is 9.84. The maximum atomic E-state index is 13.4. The average Bonchev–Trinajstić information content (AvgIpc) is 3.12. The molecule has 1 aliphatic rings. The molecule has 0 bridgehead atoms. The standard InChI is InChI=1S/C12H16FNOS/c13-10-3-1-2-4-11(10)16-8-12(15,7-14)9-5-6-9/h1-4,9,15H,5-8,14H2. The second kappa shape index (κ2) is 4.73. The Morgan fingerprint density at radius 2 is 2.12 bits per heavy atom. The second-order valence-electron chi connectivity index (χ2n) is 4.30. The molecule has 1 fully saturated rings. The molecule has 0 aromatic heterocycles. The molecule has 1 atom stereocenters. The van der Waals surface area contributed by atoms with Crippen LogP contribution in [0.15, 0.2) is 29.2 Å². The number of hydrogen-bond acceptors (Lipinski definition) is 3. The van der Waals surface area contributed by atoms with Crippen molar-refractivity contribution < 1.29 is 9.50 Å². The van der Waals surface area contributed by atoms with Crippen LogP contribution in [-0.4, -0.2) is 23.0 Å². The molecule has 4 heteroatoms. The number of thioether (sulfide) groups is 1. The van der Waals surface area contributed by atoms with Crippen LogP contribution in [0.2, 0.25) is 0 Å². The molecule has 1 aromatic rings. The number of hydrogen-bond donors (Lipinski definition) is 2. The van der Waals surface area contributed by atoms with Gasteiger partial charge in [-0.05, 0) is 30.9 Å². The van der Waals surface area contributed by atoms with E-state index >= 15 is 0 Å². The highest BCUT2D eigenvalue weighted by Gasteiger charge is 2.42. The van der Waals surface area contributed by atoms with Crippen molar-refractivity contribution in [1.29, 1.82) is 0 Å². The van der Waals surface area contributed by atoms with Gasteiger partial charge in [0, 0.05) is 17.2 Å². The lowest BCUT2D eigenvalue weighted by atomic mass is 10.0. The molecule has 0 spiro atoms. The van der Waals surface area contributed by atoms with Gasteiger partial charge in [-0.1, -0.05) is 12.1 Å². The summed E-state index contributed by atoms with van der Waals surface area (Å²) in [5.41, 5.74) is 4.77. The summed E-state index contributed by atoms with van der Waals surface area (Å²) in [4.78, 5) is 0.579. The maximum absolute atomic E-state index is 13.4. The van der Waals surface area contributed by atoms with Crippen LogP contribution in [0.1, 0.15) is 12.8 Å². The molecule has 1 unspecified atom stereocenters. The van der Waals surface area contributed by atoms with Crippen LogP contribution >= 0.6 is 11.8 Å². The van der Waals surface area contributed by atoms with E-state index in [2.05, 4.69) is 0 Å². The zero-order chi connectivity index (χ0) is 11.6. The van der Waals surface area contributed by atoms with Crippen LogP contribution < -0.4 is 5.73 Å². The van der Waals surface area contributed by atoms with Crippen LogP contribution in [-0.2, 0) is 0 Å². The molecule has 3 N–H and O–H groups in total. The Hall–Kier alpha value is -0.580. The monoisotopic (exact) mass is 241 g/mol. The smallest absolute Gasteiger partial charge is 0.136 e. The molecule has 0 heterocycles. The van der Waals surface area contributed by atoms with E-state index in [9.17, 15) is 9.50 Å². The van der Waals surface area contributed by atoms with E-state index < -0.39 is 5.60 Å². The first-order valence-corrected chi connectivity index (χ1v) is 6.44. The van der Waals surface area contributed by atoms with Gasteiger partial charge in [-0.2, -0.15) is 0 Å². The molecular formula is C12H16FNOS. The van der Waals surface area contributed by atoms with Crippen molar-refractivity contribution in [3.63, 3.8) is 0 Å². The van der Waals surface area contributed by atoms with E-state index in [1.54, 1.807) is 18.2 Å². The number of benzene rings is 1. The van der Waals surface area contributed by atoms with Crippen LogP contribution in [0.5, 0.6) is 0 Å². The quantitative estimate of drug-likeness (QED) is 0.775. The summed E-state index contributed by atoms with van der Waals surface area (Å²) in [6.45, 7) is 0.249. The SMILES string of the molecule is NCC(O)(CSc1ccccc1F)C1CC1. The van der Waals surface area contributed by atoms with Crippen LogP contribution in [0.4, 0.5) is 4.39 Å². The minimum absolute atomic E-state index is 0.234. The normalized spacial score (nSPS) is 19.4. The highest BCUT2D eigenvalue weighted by Crippen LogP contribution is 2.41. The van der Waals surface area contributed by atoms with Crippen molar-refractivity contribution in [2.45, 2.75) is 23.3 Å². The van der Waals surface area contributed by atoms with Gasteiger partial charge in [0.1, 0.15) is 5.82 Å². The Morgan fingerprint density at radius 3 is 2.69 bits per heavy atom. The molecular weight excluding hydrogens is 225 g/mol.